The number of halogens is 1. The third-order valence-corrected chi connectivity index (χ3v) is 5.08. The highest BCUT2D eigenvalue weighted by molar-refractivity contribution is 6.33. The molecule has 0 aromatic carbocycles. The van der Waals surface area contributed by atoms with E-state index in [1.165, 1.54) is 25.2 Å². The molecule has 1 fully saturated rings. The van der Waals surface area contributed by atoms with Gasteiger partial charge in [0.15, 0.2) is 6.29 Å². The maximum Gasteiger partial charge on any atom is 0.216 e. The van der Waals surface area contributed by atoms with Gasteiger partial charge in [-0.1, -0.05) is 30.5 Å². The third kappa shape index (κ3) is 3.93. The summed E-state index contributed by atoms with van der Waals surface area (Å²) in [6, 6.07) is 4.02. The van der Waals surface area contributed by atoms with Crippen molar-refractivity contribution in [3.63, 3.8) is 0 Å². The lowest BCUT2D eigenvalue weighted by molar-refractivity contribution is 0.111. The average Bonchev–Trinajstić information content (AvgIpc) is 2.66. The molecule has 0 bridgehead atoms. The Morgan fingerprint density at radius 3 is 2.96 bits per heavy atom. The van der Waals surface area contributed by atoms with Crippen LogP contribution in [0.1, 0.15) is 47.5 Å². The van der Waals surface area contributed by atoms with E-state index in [9.17, 15) is 4.79 Å². The van der Waals surface area contributed by atoms with Gasteiger partial charge in [0.1, 0.15) is 5.75 Å². The lowest BCUT2D eigenvalue weighted by Gasteiger charge is -2.32. The van der Waals surface area contributed by atoms with E-state index in [-0.39, 0.29) is 0 Å². The van der Waals surface area contributed by atoms with Crippen molar-refractivity contribution in [3.8, 4) is 11.6 Å². The lowest BCUT2D eigenvalue weighted by atomic mass is 9.76. The normalized spacial score (nSPS) is 20.1. The van der Waals surface area contributed by atoms with E-state index in [0.29, 0.717) is 46.9 Å². The fourth-order valence-corrected chi connectivity index (χ4v) is 3.72. The molecule has 0 aliphatic heterocycles. The van der Waals surface area contributed by atoms with E-state index in [0.717, 1.165) is 18.4 Å². The van der Waals surface area contributed by atoms with Crippen LogP contribution in [-0.4, -0.2) is 30.0 Å². The van der Waals surface area contributed by atoms with E-state index < -0.39 is 0 Å². The number of aldehydes is 1. The number of hydrogen-bond acceptors (Lipinski definition) is 5. The number of methoxy groups -OCH3 is 1. The number of pyridine rings is 2. The van der Waals surface area contributed by atoms with E-state index in [1.54, 1.807) is 13.3 Å². The summed E-state index contributed by atoms with van der Waals surface area (Å²) in [6.45, 7) is 0.506. The second kappa shape index (κ2) is 8.30. The SMILES string of the molecule is COc1ncccc1C1CCCCC1COc1cncc(Cl)c1C=O. The molecule has 0 radical (unpaired) electrons. The van der Waals surface area contributed by atoms with Gasteiger partial charge in [-0.2, -0.15) is 0 Å². The second-order valence-electron chi connectivity index (χ2n) is 6.21. The van der Waals surface area contributed by atoms with Gasteiger partial charge in [0.25, 0.3) is 0 Å². The second-order valence-corrected chi connectivity index (χ2v) is 6.62. The van der Waals surface area contributed by atoms with Crippen LogP contribution in [0.2, 0.25) is 5.02 Å². The van der Waals surface area contributed by atoms with Crippen LogP contribution in [0.25, 0.3) is 0 Å². The highest BCUT2D eigenvalue weighted by Gasteiger charge is 2.30. The summed E-state index contributed by atoms with van der Waals surface area (Å²) in [4.78, 5) is 19.6. The van der Waals surface area contributed by atoms with E-state index in [4.69, 9.17) is 21.1 Å². The van der Waals surface area contributed by atoms with Gasteiger partial charge in [-0.3, -0.25) is 9.78 Å². The molecule has 1 aliphatic carbocycles. The number of carbonyl (C=O) groups is 1. The molecule has 5 nitrogen and oxygen atoms in total. The molecule has 2 heterocycles. The van der Waals surface area contributed by atoms with Gasteiger partial charge in [-0.15, -0.1) is 0 Å². The summed E-state index contributed by atoms with van der Waals surface area (Å²) in [5.41, 5.74) is 1.47. The summed E-state index contributed by atoms with van der Waals surface area (Å²) in [7, 11) is 1.65. The fraction of sp³-hybridized carbons (Fsp3) is 0.421. The van der Waals surface area contributed by atoms with Crippen LogP contribution in [0, 0.1) is 5.92 Å². The topological polar surface area (TPSA) is 61.3 Å². The maximum atomic E-state index is 11.3. The summed E-state index contributed by atoms with van der Waals surface area (Å²) in [6.07, 6.45) is 9.92. The van der Waals surface area contributed by atoms with Crippen molar-refractivity contribution in [1.29, 1.82) is 0 Å². The first-order chi connectivity index (χ1) is 12.2. The van der Waals surface area contributed by atoms with Gasteiger partial charge in [0.2, 0.25) is 5.88 Å². The van der Waals surface area contributed by atoms with Crippen molar-refractivity contribution in [1.82, 2.24) is 9.97 Å². The van der Waals surface area contributed by atoms with Crippen molar-refractivity contribution in [3.05, 3.63) is 46.9 Å². The quantitative estimate of drug-likeness (QED) is 0.718. The zero-order valence-corrected chi connectivity index (χ0v) is 14.9. The first-order valence-electron chi connectivity index (χ1n) is 8.45. The van der Waals surface area contributed by atoms with E-state index >= 15 is 0 Å². The molecule has 132 valence electrons. The number of hydrogen-bond donors (Lipinski definition) is 0. The Kier molecular flexibility index (Phi) is 5.87. The Balaban J connectivity index is 1.78. The van der Waals surface area contributed by atoms with Crippen LogP contribution in [0.4, 0.5) is 0 Å². The van der Waals surface area contributed by atoms with Crippen LogP contribution in [0.15, 0.2) is 30.7 Å². The van der Waals surface area contributed by atoms with Gasteiger partial charge in [-0.05, 0) is 24.8 Å². The smallest absolute Gasteiger partial charge is 0.216 e. The minimum absolute atomic E-state index is 0.307. The molecule has 0 N–H and O–H groups in total. The highest BCUT2D eigenvalue weighted by atomic mass is 35.5. The van der Waals surface area contributed by atoms with Crippen LogP contribution in [0.5, 0.6) is 11.6 Å². The standard InChI is InChI=1S/C19H21ClN2O3/c1-24-19-15(7-4-8-22-19)14-6-3-2-5-13(14)12-25-18-10-21-9-17(20)16(18)11-23/h4,7-11,13-14H,2-3,5-6,12H2,1H3. The minimum atomic E-state index is 0.307. The molecule has 2 aromatic rings. The Morgan fingerprint density at radius 2 is 2.16 bits per heavy atom. The number of carbonyl (C=O) groups excluding carboxylic acids is 1. The largest absolute Gasteiger partial charge is 0.491 e. The summed E-state index contributed by atoms with van der Waals surface area (Å²) >= 11 is 6.02. The Hall–Kier alpha value is -2.14. The molecule has 1 saturated carbocycles. The number of rotatable bonds is 6. The van der Waals surface area contributed by atoms with Crippen LogP contribution in [0.3, 0.4) is 0 Å². The van der Waals surface area contributed by atoms with Gasteiger partial charge in [0.05, 0.1) is 30.5 Å². The monoisotopic (exact) mass is 360 g/mol. The molecule has 2 aromatic heterocycles. The molecule has 2 atom stereocenters. The van der Waals surface area contributed by atoms with Crippen molar-refractivity contribution < 1.29 is 14.3 Å². The lowest BCUT2D eigenvalue weighted by Crippen LogP contribution is -2.24. The summed E-state index contributed by atoms with van der Waals surface area (Å²) < 4.78 is 11.4. The first kappa shape index (κ1) is 17.7. The Morgan fingerprint density at radius 1 is 1.32 bits per heavy atom. The maximum absolute atomic E-state index is 11.3. The summed E-state index contributed by atoms with van der Waals surface area (Å²) in [5.74, 6) is 1.76. The first-order valence-corrected chi connectivity index (χ1v) is 8.82. The molecule has 25 heavy (non-hydrogen) atoms. The van der Waals surface area contributed by atoms with Gasteiger partial charge in [0, 0.05) is 23.9 Å². The molecule has 2 unspecified atom stereocenters. The van der Waals surface area contributed by atoms with Crippen LogP contribution >= 0.6 is 11.6 Å². The van der Waals surface area contributed by atoms with Gasteiger partial charge in [-0.25, -0.2) is 4.98 Å². The molecular formula is C19H21ClN2O3. The number of ether oxygens (including phenoxy) is 2. The molecule has 0 amide bonds. The molecule has 1 aliphatic rings. The van der Waals surface area contributed by atoms with Gasteiger partial charge < -0.3 is 9.47 Å². The molecule has 3 rings (SSSR count). The molecule has 0 spiro atoms. The van der Waals surface area contributed by atoms with Crippen LogP contribution < -0.4 is 9.47 Å². The Labute approximate surface area is 152 Å². The minimum Gasteiger partial charge on any atom is -0.491 e. The van der Waals surface area contributed by atoms with Gasteiger partial charge >= 0.3 is 0 Å². The Bertz CT molecular complexity index is 738. The summed E-state index contributed by atoms with van der Waals surface area (Å²) in [5, 5.41) is 0.307. The molecule has 6 heteroatoms. The zero-order valence-electron chi connectivity index (χ0n) is 14.2. The predicted octanol–water partition coefficient (Wildman–Crippen LogP) is 4.30. The highest BCUT2D eigenvalue weighted by Crippen LogP contribution is 2.41. The molecular weight excluding hydrogens is 340 g/mol. The zero-order chi connectivity index (χ0) is 17.6. The number of nitrogens with zero attached hydrogens (tertiary/aromatic N) is 2. The fourth-order valence-electron chi connectivity index (χ4n) is 3.53. The number of aromatic nitrogens is 2. The third-order valence-electron chi connectivity index (χ3n) is 4.78. The predicted molar refractivity (Wildman–Crippen MR) is 95.6 cm³/mol. The van der Waals surface area contributed by atoms with E-state index in [1.807, 2.05) is 6.07 Å². The molecule has 0 saturated heterocycles. The van der Waals surface area contributed by atoms with Crippen LogP contribution in [-0.2, 0) is 0 Å². The van der Waals surface area contributed by atoms with Crippen molar-refractivity contribution >= 4 is 17.9 Å². The van der Waals surface area contributed by atoms with Crippen molar-refractivity contribution in [2.24, 2.45) is 5.92 Å². The van der Waals surface area contributed by atoms with Crippen molar-refractivity contribution in [2.75, 3.05) is 13.7 Å². The van der Waals surface area contributed by atoms with E-state index in [2.05, 4.69) is 16.0 Å². The average molecular weight is 361 g/mol. The van der Waals surface area contributed by atoms with Crippen molar-refractivity contribution in [2.45, 2.75) is 31.6 Å².